The summed E-state index contributed by atoms with van der Waals surface area (Å²) < 4.78 is 13.8. The molecule has 0 fully saturated rings. The average Bonchev–Trinajstić information content (AvgIpc) is 2.73. The smallest absolute Gasteiger partial charge is 0.256 e. The van der Waals surface area contributed by atoms with Crippen molar-refractivity contribution in [2.75, 3.05) is 5.32 Å². The summed E-state index contributed by atoms with van der Waals surface area (Å²) in [6, 6.07) is 21.5. The maximum atomic E-state index is 13.8. The summed E-state index contributed by atoms with van der Waals surface area (Å²) in [7, 11) is 0. The maximum Gasteiger partial charge on any atom is 0.256 e. The minimum absolute atomic E-state index is 0.287. The van der Waals surface area contributed by atoms with Gasteiger partial charge in [-0.1, -0.05) is 36.4 Å². The summed E-state index contributed by atoms with van der Waals surface area (Å²) >= 11 is 0. The summed E-state index contributed by atoms with van der Waals surface area (Å²) in [4.78, 5) is 28.9. The molecule has 4 aromatic rings. The van der Waals surface area contributed by atoms with Crippen LogP contribution < -0.4 is 11.1 Å². The highest BCUT2D eigenvalue weighted by Crippen LogP contribution is 2.26. The fraction of sp³-hybridized carbons (Fsp3) is 0. The second-order valence-electron chi connectivity index (χ2n) is 6.48. The zero-order chi connectivity index (χ0) is 20.4. The number of carbonyl (C=O) groups excluding carboxylic acids is 2. The lowest BCUT2D eigenvalue weighted by Crippen LogP contribution is -2.15. The SMILES string of the molecule is NC(=O)c1cccc(NC(=O)c2cc(-c3ccccc3)nc3cc(F)ccc23)c1. The van der Waals surface area contributed by atoms with E-state index in [1.54, 1.807) is 24.3 Å². The van der Waals surface area contributed by atoms with Crippen LogP contribution in [-0.2, 0) is 0 Å². The number of pyridine rings is 1. The van der Waals surface area contributed by atoms with Crippen molar-refractivity contribution in [3.05, 3.63) is 95.8 Å². The molecule has 3 aromatic carbocycles. The highest BCUT2D eigenvalue weighted by Gasteiger charge is 2.15. The maximum absolute atomic E-state index is 13.8. The second-order valence-corrected chi connectivity index (χ2v) is 6.48. The molecule has 4 rings (SSSR count). The highest BCUT2D eigenvalue weighted by molar-refractivity contribution is 6.13. The summed E-state index contributed by atoms with van der Waals surface area (Å²) in [6.45, 7) is 0. The van der Waals surface area contributed by atoms with Crippen molar-refractivity contribution >= 4 is 28.4 Å². The molecule has 0 unspecified atom stereocenters. The van der Waals surface area contributed by atoms with Gasteiger partial charge in [-0.25, -0.2) is 9.37 Å². The van der Waals surface area contributed by atoms with Gasteiger partial charge < -0.3 is 11.1 Å². The molecule has 1 aromatic heterocycles. The molecule has 0 aliphatic carbocycles. The predicted octanol–water partition coefficient (Wildman–Crippen LogP) is 4.39. The van der Waals surface area contributed by atoms with E-state index in [-0.39, 0.29) is 5.56 Å². The van der Waals surface area contributed by atoms with Crippen LogP contribution in [0.5, 0.6) is 0 Å². The Balaban J connectivity index is 1.80. The Bertz CT molecular complexity index is 1240. The molecule has 3 N–H and O–H groups in total. The van der Waals surface area contributed by atoms with Crippen LogP contribution in [0.1, 0.15) is 20.7 Å². The van der Waals surface area contributed by atoms with Gasteiger partial charge >= 0.3 is 0 Å². The monoisotopic (exact) mass is 385 g/mol. The number of halogens is 1. The number of anilines is 1. The van der Waals surface area contributed by atoms with E-state index in [0.717, 1.165) is 5.56 Å². The van der Waals surface area contributed by atoms with Gasteiger partial charge in [0.15, 0.2) is 0 Å². The van der Waals surface area contributed by atoms with Crippen molar-refractivity contribution in [2.45, 2.75) is 0 Å². The Kier molecular flexibility index (Phi) is 4.75. The van der Waals surface area contributed by atoms with Crippen LogP contribution in [-0.4, -0.2) is 16.8 Å². The Morgan fingerprint density at radius 3 is 2.45 bits per heavy atom. The Hall–Kier alpha value is -4.06. The molecular formula is C23H16FN3O2. The van der Waals surface area contributed by atoms with Gasteiger partial charge in [-0.2, -0.15) is 0 Å². The number of nitrogens with zero attached hydrogens (tertiary/aromatic N) is 1. The van der Waals surface area contributed by atoms with Gasteiger partial charge in [0.2, 0.25) is 5.91 Å². The van der Waals surface area contributed by atoms with Crippen molar-refractivity contribution in [3.63, 3.8) is 0 Å². The number of hydrogen-bond acceptors (Lipinski definition) is 3. The van der Waals surface area contributed by atoms with Crippen molar-refractivity contribution in [2.24, 2.45) is 5.73 Å². The van der Waals surface area contributed by atoms with Crippen LogP contribution in [0.3, 0.4) is 0 Å². The molecule has 0 radical (unpaired) electrons. The molecule has 5 nitrogen and oxygen atoms in total. The van der Waals surface area contributed by atoms with E-state index in [9.17, 15) is 14.0 Å². The third-order valence-corrected chi connectivity index (χ3v) is 4.49. The quantitative estimate of drug-likeness (QED) is 0.546. The van der Waals surface area contributed by atoms with E-state index < -0.39 is 17.6 Å². The Labute approximate surface area is 166 Å². The van der Waals surface area contributed by atoms with E-state index in [0.29, 0.717) is 27.8 Å². The first kappa shape index (κ1) is 18.3. The number of aromatic nitrogens is 1. The van der Waals surface area contributed by atoms with Gasteiger partial charge in [-0.3, -0.25) is 9.59 Å². The number of rotatable bonds is 4. The molecule has 0 bridgehead atoms. The largest absolute Gasteiger partial charge is 0.366 e. The fourth-order valence-corrected chi connectivity index (χ4v) is 3.09. The summed E-state index contributed by atoms with van der Waals surface area (Å²) in [5, 5.41) is 3.29. The molecule has 6 heteroatoms. The molecule has 2 amide bonds. The van der Waals surface area contributed by atoms with Crippen molar-refractivity contribution in [3.8, 4) is 11.3 Å². The second kappa shape index (κ2) is 7.52. The molecule has 0 saturated heterocycles. The third kappa shape index (κ3) is 3.82. The molecule has 0 saturated carbocycles. The lowest BCUT2D eigenvalue weighted by atomic mass is 10.0. The Morgan fingerprint density at radius 1 is 0.897 bits per heavy atom. The van der Waals surface area contributed by atoms with E-state index in [1.807, 2.05) is 30.3 Å². The van der Waals surface area contributed by atoms with Crippen LogP contribution in [0.15, 0.2) is 78.9 Å². The molecule has 0 aliphatic rings. The third-order valence-electron chi connectivity index (χ3n) is 4.49. The number of amides is 2. The van der Waals surface area contributed by atoms with Crippen LogP contribution in [0.25, 0.3) is 22.2 Å². The van der Waals surface area contributed by atoms with E-state index in [2.05, 4.69) is 10.3 Å². The van der Waals surface area contributed by atoms with Gasteiger partial charge in [0, 0.05) is 28.3 Å². The lowest BCUT2D eigenvalue weighted by Gasteiger charge is -2.11. The van der Waals surface area contributed by atoms with Gasteiger partial charge in [-0.15, -0.1) is 0 Å². The average molecular weight is 385 g/mol. The first-order valence-electron chi connectivity index (χ1n) is 8.88. The van der Waals surface area contributed by atoms with E-state index >= 15 is 0 Å². The number of benzene rings is 3. The highest BCUT2D eigenvalue weighted by atomic mass is 19.1. The van der Waals surface area contributed by atoms with Crippen LogP contribution in [0.4, 0.5) is 10.1 Å². The van der Waals surface area contributed by atoms with Gasteiger partial charge in [0.25, 0.3) is 5.91 Å². The van der Waals surface area contributed by atoms with E-state index in [1.165, 1.54) is 24.3 Å². The van der Waals surface area contributed by atoms with Crippen molar-refractivity contribution < 1.29 is 14.0 Å². The first-order valence-corrected chi connectivity index (χ1v) is 8.88. The number of nitrogens with one attached hydrogen (secondary N) is 1. The Morgan fingerprint density at radius 2 is 1.69 bits per heavy atom. The summed E-state index contributed by atoms with van der Waals surface area (Å²) in [6.07, 6.45) is 0. The summed E-state index contributed by atoms with van der Waals surface area (Å²) in [5.41, 5.74) is 8.11. The van der Waals surface area contributed by atoms with Crippen LogP contribution in [0, 0.1) is 5.82 Å². The number of primary amides is 1. The number of carbonyl (C=O) groups is 2. The summed E-state index contributed by atoms with van der Waals surface area (Å²) in [5.74, 6) is -1.42. The van der Waals surface area contributed by atoms with Crippen LogP contribution in [0.2, 0.25) is 0 Å². The molecule has 142 valence electrons. The minimum atomic E-state index is -0.586. The molecular weight excluding hydrogens is 369 g/mol. The number of fused-ring (bicyclic) bond motifs is 1. The molecule has 0 spiro atoms. The zero-order valence-electron chi connectivity index (χ0n) is 15.2. The van der Waals surface area contributed by atoms with Crippen molar-refractivity contribution in [1.82, 2.24) is 4.98 Å². The zero-order valence-corrected chi connectivity index (χ0v) is 15.2. The number of hydrogen-bond donors (Lipinski definition) is 2. The minimum Gasteiger partial charge on any atom is -0.366 e. The normalized spacial score (nSPS) is 10.7. The molecule has 0 atom stereocenters. The number of nitrogens with two attached hydrogens (primary N) is 1. The van der Waals surface area contributed by atoms with Crippen molar-refractivity contribution in [1.29, 1.82) is 0 Å². The van der Waals surface area contributed by atoms with E-state index in [4.69, 9.17) is 5.73 Å². The topological polar surface area (TPSA) is 85.1 Å². The predicted molar refractivity (Wildman–Crippen MR) is 110 cm³/mol. The molecule has 29 heavy (non-hydrogen) atoms. The molecule has 0 aliphatic heterocycles. The van der Waals surface area contributed by atoms with Gasteiger partial charge in [-0.05, 0) is 36.4 Å². The fourth-order valence-electron chi connectivity index (χ4n) is 3.09. The van der Waals surface area contributed by atoms with Gasteiger partial charge in [0.05, 0.1) is 16.8 Å². The standard InChI is InChI=1S/C23H16FN3O2/c24-16-9-10-18-19(23(29)26-17-8-4-7-15(11-17)22(25)28)13-20(27-21(18)12-16)14-5-2-1-3-6-14/h1-13H,(H2,25,28)(H,26,29). The van der Waals surface area contributed by atoms with Gasteiger partial charge in [0.1, 0.15) is 5.82 Å². The lowest BCUT2D eigenvalue weighted by molar-refractivity contribution is 0.0996. The molecule has 1 heterocycles. The van der Waals surface area contributed by atoms with Crippen LogP contribution >= 0.6 is 0 Å². The first-order chi connectivity index (χ1) is 14.0.